The smallest absolute Gasteiger partial charge is 0.101 e. The Labute approximate surface area is 286 Å². The zero-order valence-corrected chi connectivity index (χ0v) is 31.8. The molecule has 0 amide bonds. The predicted molar refractivity (Wildman–Crippen MR) is 205 cm³/mol. The lowest BCUT2D eigenvalue weighted by Crippen LogP contribution is -2.39. The van der Waals surface area contributed by atoms with Gasteiger partial charge in [-0.05, 0) is 25.7 Å². The molecular formula is C43H86N2. The second-order valence-electron chi connectivity index (χ2n) is 15.0. The summed E-state index contributed by atoms with van der Waals surface area (Å²) < 4.78 is 0. The first-order valence-corrected chi connectivity index (χ1v) is 21.5. The van der Waals surface area contributed by atoms with Crippen LogP contribution in [0.4, 0.5) is 0 Å². The van der Waals surface area contributed by atoms with E-state index in [-0.39, 0.29) is 0 Å². The van der Waals surface area contributed by atoms with Crippen LogP contribution in [0.25, 0.3) is 0 Å². The molecule has 0 fully saturated rings. The molecule has 0 saturated carbocycles. The van der Waals surface area contributed by atoms with E-state index in [1.165, 1.54) is 238 Å². The monoisotopic (exact) mass is 631 g/mol. The molecular weight excluding hydrogens is 544 g/mol. The molecule has 2 heteroatoms. The maximum absolute atomic E-state index is 2.71. The maximum atomic E-state index is 2.71. The van der Waals surface area contributed by atoms with Crippen molar-refractivity contribution in [1.82, 2.24) is 9.80 Å². The summed E-state index contributed by atoms with van der Waals surface area (Å²) in [4.78, 5) is 5.39. The first-order chi connectivity index (χ1) is 22.3. The van der Waals surface area contributed by atoms with Crippen molar-refractivity contribution >= 4 is 0 Å². The largest absolute Gasteiger partial charge is 0.356 e. The van der Waals surface area contributed by atoms with E-state index in [0.717, 1.165) is 0 Å². The molecule has 0 saturated heterocycles. The van der Waals surface area contributed by atoms with Crippen LogP contribution >= 0.6 is 0 Å². The molecule has 0 N–H and O–H groups in total. The van der Waals surface area contributed by atoms with Crippen LogP contribution in [0.5, 0.6) is 0 Å². The third-order valence-electron chi connectivity index (χ3n) is 10.6. The van der Waals surface area contributed by atoms with Crippen LogP contribution in [0.3, 0.4) is 0 Å². The Morgan fingerprint density at radius 2 is 0.511 bits per heavy atom. The summed E-state index contributed by atoms with van der Waals surface area (Å²) in [7, 11) is 0. The van der Waals surface area contributed by atoms with Gasteiger partial charge >= 0.3 is 0 Å². The van der Waals surface area contributed by atoms with Gasteiger partial charge in [-0.2, -0.15) is 0 Å². The van der Waals surface area contributed by atoms with E-state index >= 15 is 0 Å². The zero-order chi connectivity index (χ0) is 32.3. The molecule has 0 aromatic rings. The molecule has 0 bridgehead atoms. The van der Waals surface area contributed by atoms with Crippen molar-refractivity contribution in [3.05, 3.63) is 12.4 Å². The van der Waals surface area contributed by atoms with E-state index in [0.29, 0.717) is 6.17 Å². The van der Waals surface area contributed by atoms with Crippen molar-refractivity contribution in [2.45, 2.75) is 252 Å². The van der Waals surface area contributed by atoms with Crippen molar-refractivity contribution in [3.8, 4) is 0 Å². The van der Waals surface area contributed by atoms with Crippen LogP contribution in [0.15, 0.2) is 12.4 Å². The minimum atomic E-state index is 0.639. The molecule has 1 aliphatic heterocycles. The highest BCUT2D eigenvalue weighted by atomic mass is 15.4. The maximum Gasteiger partial charge on any atom is 0.101 e. The summed E-state index contributed by atoms with van der Waals surface area (Å²) in [5.41, 5.74) is 0. The highest BCUT2D eigenvalue weighted by Gasteiger charge is 2.24. The molecule has 0 aromatic heterocycles. The first kappa shape index (κ1) is 42.4. The lowest BCUT2D eigenvalue weighted by atomic mass is 10.0. The Morgan fingerprint density at radius 3 is 0.822 bits per heavy atom. The summed E-state index contributed by atoms with van der Waals surface area (Å²) in [6.45, 7) is 9.47. The van der Waals surface area contributed by atoms with Crippen LogP contribution in [0, 0.1) is 0 Å². The Balaban J connectivity index is 2.04. The molecule has 0 radical (unpaired) electrons. The fourth-order valence-corrected chi connectivity index (χ4v) is 7.42. The summed E-state index contributed by atoms with van der Waals surface area (Å²) in [5.74, 6) is 0. The number of unbranched alkanes of at least 4 members (excludes halogenated alkanes) is 31. The molecule has 1 aliphatic rings. The normalized spacial score (nSPS) is 14.8. The highest BCUT2D eigenvalue weighted by molar-refractivity contribution is 4.97. The zero-order valence-electron chi connectivity index (χ0n) is 31.8. The highest BCUT2D eigenvalue weighted by Crippen LogP contribution is 2.24. The summed E-state index contributed by atoms with van der Waals surface area (Å²) in [5, 5.41) is 0. The minimum Gasteiger partial charge on any atom is -0.356 e. The van der Waals surface area contributed by atoms with Crippen LogP contribution in [-0.4, -0.2) is 29.1 Å². The lowest BCUT2D eigenvalue weighted by Gasteiger charge is -2.33. The second kappa shape index (κ2) is 34.7. The molecule has 268 valence electrons. The average molecular weight is 631 g/mol. The van der Waals surface area contributed by atoms with Gasteiger partial charge in [0.25, 0.3) is 0 Å². The molecule has 0 aliphatic carbocycles. The number of rotatable bonds is 37. The molecule has 0 aromatic carbocycles. The van der Waals surface area contributed by atoms with Gasteiger partial charge in [0.2, 0.25) is 0 Å². The second-order valence-corrected chi connectivity index (χ2v) is 15.0. The summed E-state index contributed by atoms with van der Waals surface area (Å²) in [6, 6.07) is 0. The SMILES string of the molecule is CCCCCCCCCCCCCCCCCCC1N(CCCCC)C=CN1CCCCCCCCCCCCCCCCC. The first-order valence-electron chi connectivity index (χ1n) is 21.5. The van der Waals surface area contributed by atoms with E-state index in [2.05, 4.69) is 43.0 Å². The fraction of sp³-hybridized carbons (Fsp3) is 0.953. The van der Waals surface area contributed by atoms with Crippen LogP contribution in [-0.2, 0) is 0 Å². The van der Waals surface area contributed by atoms with Gasteiger partial charge in [-0.3, -0.25) is 0 Å². The Bertz CT molecular complexity index is 586. The van der Waals surface area contributed by atoms with Crippen molar-refractivity contribution in [2.24, 2.45) is 0 Å². The molecule has 1 atom stereocenters. The third kappa shape index (κ3) is 27.0. The van der Waals surface area contributed by atoms with Gasteiger partial charge in [-0.15, -0.1) is 0 Å². The van der Waals surface area contributed by atoms with E-state index in [9.17, 15) is 0 Å². The average Bonchev–Trinajstić information content (AvgIpc) is 3.43. The third-order valence-corrected chi connectivity index (χ3v) is 10.6. The molecule has 45 heavy (non-hydrogen) atoms. The molecule has 1 unspecified atom stereocenters. The van der Waals surface area contributed by atoms with Crippen LogP contribution < -0.4 is 0 Å². The summed E-state index contributed by atoms with van der Waals surface area (Å²) >= 11 is 0. The van der Waals surface area contributed by atoms with Crippen molar-refractivity contribution in [3.63, 3.8) is 0 Å². The van der Waals surface area contributed by atoms with Crippen LogP contribution in [0.2, 0.25) is 0 Å². The Morgan fingerprint density at radius 1 is 0.289 bits per heavy atom. The van der Waals surface area contributed by atoms with Gasteiger partial charge in [0, 0.05) is 25.5 Å². The summed E-state index contributed by atoms with van der Waals surface area (Å²) in [6.07, 6.45) is 56.0. The quantitative estimate of drug-likeness (QED) is 0.0630. The van der Waals surface area contributed by atoms with Gasteiger partial charge < -0.3 is 9.80 Å². The molecule has 1 rings (SSSR count). The van der Waals surface area contributed by atoms with Gasteiger partial charge in [0.15, 0.2) is 0 Å². The van der Waals surface area contributed by atoms with E-state index < -0.39 is 0 Å². The molecule has 0 spiro atoms. The topological polar surface area (TPSA) is 6.48 Å². The molecule has 2 nitrogen and oxygen atoms in total. The van der Waals surface area contributed by atoms with E-state index in [4.69, 9.17) is 0 Å². The predicted octanol–water partition coefficient (Wildman–Crippen LogP) is 15.1. The lowest BCUT2D eigenvalue weighted by molar-refractivity contribution is 0.135. The molecule has 1 heterocycles. The van der Waals surface area contributed by atoms with Crippen LogP contribution in [0.1, 0.15) is 245 Å². The standard InChI is InChI=1S/C43H86N2/c1-4-7-10-12-14-16-18-20-22-23-25-27-29-31-33-35-38-43-44(39-36-9-6-3)41-42-45(43)40-37-34-32-30-28-26-24-21-19-17-15-13-11-8-5-2/h41-43H,4-40H2,1-3H3. The van der Waals surface area contributed by atoms with Gasteiger partial charge in [0.1, 0.15) is 6.17 Å². The Kier molecular flexibility index (Phi) is 32.6. The Hall–Kier alpha value is -0.660. The van der Waals surface area contributed by atoms with Crippen molar-refractivity contribution in [1.29, 1.82) is 0 Å². The number of hydrogen-bond donors (Lipinski definition) is 0. The van der Waals surface area contributed by atoms with Gasteiger partial charge in [0.05, 0.1) is 0 Å². The van der Waals surface area contributed by atoms with Crippen molar-refractivity contribution in [2.75, 3.05) is 13.1 Å². The number of hydrogen-bond acceptors (Lipinski definition) is 2. The number of nitrogens with zero attached hydrogens (tertiary/aromatic N) is 2. The van der Waals surface area contributed by atoms with E-state index in [1.54, 1.807) is 0 Å². The minimum absolute atomic E-state index is 0.639. The fourth-order valence-electron chi connectivity index (χ4n) is 7.42. The van der Waals surface area contributed by atoms with Crippen molar-refractivity contribution < 1.29 is 0 Å². The van der Waals surface area contributed by atoms with Gasteiger partial charge in [-0.1, -0.05) is 220 Å². The van der Waals surface area contributed by atoms with Gasteiger partial charge in [-0.25, -0.2) is 0 Å². The van der Waals surface area contributed by atoms with E-state index in [1.807, 2.05) is 0 Å².